The largest absolute Gasteiger partial charge is 0.496 e. The van der Waals surface area contributed by atoms with Gasteiger partial charge in [0.2, 0.25) is 10.0 Å². The second-order valence-corrected chi connectivity index (χ2v) is 7.79. The molecular formula is C13H19BrN2O3S. The van der Waals surface area contributed by atoms with Crippen molar-refractivity contribution in [3.8, 4) is 5.75 Å². The number of rotatable bonds is 3. The number of hydrogen-bond donors (Lipinski definition) is 1. The maximum atomic E-state index is 12.7. The number of methoxy groups -OCH3 is 1. The van der Waals surface area contributed by atoms with Gasteiger partial charge in [0.05, 0.1) is 16.5 Å². The van der Waals surface area contributed by atoms with Crippen molar-refractivity contribution < 1.29 is 13.2 Å². The molecule has 5 nitrogen and oxygen atoms in total. The summed E-state index contributed by atoms with van der Waals surface area (Å²) in [6, 6.07) is 4.80. The minimum Gasteiger partial charge on any atom is -0.496 e. The number of nitrogens with zero attached hydrogens (tertiary/aromatic N) is 1. The van der Waals surface area contributed by atoms with Crippen LogP contribution in [0.25, 0.3) is 0 Å². The summed E-state index contributed by atoms with van der Waals surface area (Å²) in [6.45, 7) is 2.36. The molecule has 2 unspecified atom stereocenters. The highest BCUT2D eigenvalue weighted by molar-refractivity contribution is 9.10. The zero-order valence-corrected chi connectivity index (χ0v) is 13.9. The van der Waals surface area contributed by atoms with Crippen molar-refractivity contribution in [2.45, 2.75) is 36.7 Å². The highest BCUT2D eigenvalue weighted by Gasteiger charge is 2.33. The van der Waals surface area contributed by atoms with Gasteiger partial charge in [0.25, 0.3) is 0 Å². The normalized spacial score (nSPS) is 24.6. The van der Waals surface area contributed by atoms with Gasteiger partial charge in [-0.15, -0.1) is 0 Å². The van der Waals surface area contributed by atoms with Crippen molar-refractivity contribution in [3.05, 3.63) is 22.7 Å². The number of ether oxygens (including phenoxy) is 1. The lowest BCUT2D eigenvalue weighted by molar-refractivity contribution is 0.247. The molecule has 20 heavy (non-hydrogen) atoms. The van der Waals surface area contributed by atoms with Crippen LogP contribution in [-0.2, 0) is 10.0 Å². The quantitative estimate of drug-likeness (QED) is 0.891. The van der Waals surface area contributed by atoms with Crippen molar-refractivity contribution in [2.75, 3.05) is 13.7 Å². The summed E-state index contributed by atoms with van der Waals surface area (Å²) in [7, 11) is -1.95. The fourth-order valence-corrected chi connectivity index (χ4v) is 4.86. The Kier molecular flexibility index (Phi) is 4.73. The number of piperidine rings is 1. The van der Waals surface area contributed by atoms with E-state index in [1.165, 1.54) is 4.31 Å². The van der Waals surface area contributed by atoms with Gasteiger partial charge >= 0.3 is 0 Å². The zero-order valence-electron chi connectivity index (χ0n) is 11.5. The van der Waals surface area contributed by atoms with Crippen LogP contribution in [0.1, 0.15) is 19.8 Å². The molecule has 1 heterocycles. The van der Waals surface area contributed by atoms with Gasteiger partial charge < -0.3 is 10.5 Å². The molecule has 0 bridgehead atoms. The van der Waals surface area contributed by atoms with E-state index in [1.807, 2.05) is 6.92 Å². The molecule has 112 valence electrons. The van der Waals surface area contributed by atoms with Crippen LogP contribution in [0, 0.1) is 0 Å². The van der Waals surface area contributed by atoms with Crippen molar-refractivity contribution in [1.29, 1.82) is 0 Å². The average Bonchev–Trinajstić information content (AvgIpc) is 2.38. The molecule has 7 heteroatoms. The van der Waals surface area contributed by atoms with Crippen molar-refractivity contribution in [3.63, 3.8) is 0 Å². The number of halogens is 1. The third-order valence-electron chi connectivity index (χ3n) is 3.59. The Morgan fingerprint density at radius 2 is 2.15 bits per heavy atom. The Morgan fingerprint density at radius 1 is 1.45 bits per heavy atom. The maximum Gasteiger partial charge on any atom is 0.243 e. The topological polar surface area (TPSA) is 72.6 Å². The summed E-state index contributed by atoms with van der Waals surface area (Å²) in [4.78, 5) is 0.271. The highest BCUT2D eigenvalue weighted by atomic mass is 79.9. The van der Waals surface area contributed by atoms with E-state index in [1.54, 1.807) is 25.3 Å². The molecule has 0 radical (unpaired) electrons. The number of nitrogens with two attached hydrogens (primary N) is 1. The lowest BCUT2D eigenvalue weighted by atomic mass is 10.0. The van der Waals surface area contributed by atoms with Gasteiger partial charge in [-0.1, -0.05) is 0 Å². The standard InChI is InChI=1S/C13H19BrN2O3S/c1-9-7-10(15)5-6-16(9)20(17,18)11-3-4-13(19-2)12(14)8-11/h3-4,8-10H,5-7,15H2,1-2H3. The Morgan fingerprint density at radius 3 is 2.70 bits per heavy atom. The van der Waals surface area contributed by atoms with E-state index in [0.717, 1.165) is 0 Å². The third-order valence-corrected chi connectivity index (χ3v) is 6.21. The first-order valence-corrected chi connectivity index (χ1v) is 8.70. The molecule has 0 amide bonds. The summed E-state index contributed by atoms with van der Waals surface area (Å²) in [5, 5.41) is 0. The smallest absolute Gasteiger partial charge is 0.243 e. The molecule has 1 aromatic carbocycles. The Hall–Kier alpha value is -0.630. The first kappa shape index (κ1) is 15.8. The molecule has 1 fully saturated rings. The predicted molar refractivity (Wildman–Crippen MR) is 81.3 cm³/mol. The van der Waals surface area contributed by atoms with Crippen LogP contribution >= 0.6 is 15.9 Å². The van der Waals surface area contributed by atoms with Gasteiger partial charge in [0, 0.05) is 18.6 Å². The number of sulfonamides is 1. The van der Waals surface area contributed by atoms with E-state index in [-0.39, 0.29) is 17.0 Å². The lowest BCUT2D eigenvalue weighted by Crippen LogP contribution is -2.48. The van der Waals surface area contributed by atoms with Gasteiger partial charge in [0.1, 0.15) is 5.75 Å². The summed E-state index contributed by atoms with van der Waals surface area (Å²) in [6.07, 6.45) is 1.39. The van der Waals surface area contributed by atoms with Crippen molar-refractivity contribution in [2.24, 2.45) is 5.73 Å². The molecule has 2 rings (SSSR count). The molecule has 0 aromatic heterocycles. The van der Waals surface area contributed by atoms with Crippen LogP contribution in [0.3, 0.4) is 0 Å². The van der Waals surface area contributed by atoms with Crippen LogP contribution in [0.4, 0.5) is 0 Å². The molecule has 0 spiro atoms. The van der Waals surface area contributed by atoms with Crippen molar-refractivity contribution >= 4 is 26.0 Å². The number of hydrogen-bond acceptors (Lipinski definition) is 4. The molecular weight excluding hydrogens is 344 g/mol. The summed E-state index contributed by atoms with van der Waals surface area (Å²) < 4.78 is 32.6. The summed E-state index contributed by atoms with van der Waals surface area (Å²) in [5.41, 5.74) is 5.89. The second-order valence-electron chi connectivity index (χ2n) is 5.05. The molecule has 1 saturated heterocycles. The van der Waals surface area contributed by atoms with Crippen molar-refractivity contribution in [1.82, 2.24) is 4.31 Å². The Bertz CT molecular complexity index is 591. The zero-order chi connectivity index (χ0) is 14.9. The maximum absolute atomic E-state index is 12.7. The van der Waals surface area contributed by atoms with E-state index in [2.05, 4.69) is 15.9 Å². The molecule has 1 aliphatic heterocycles. The molecule has 0 saturated carbocycles. The highest BCUT2D eigenvalue weighted by Crippen LogP contribution is 2.30. The monoisotopic (exact) mass is 362 g/mol. The Labute approximate surface area is 128 Å². The predicted octanol–water partition coefficient (Wildman–Crippen LogP) is 1.96. The van der Waals surface area contributed by atoms with E-state index < -0.39 is 10.0 Å². The Balaban J connectivity index is 2.33. The number of benzene rings is 1. The fraction of sp³-hybridized carbons (Fsp3) is 0.538. The third kappa shape index (κ3) is 3.00. The molecule has 1 aromatic rings. The molecule has 1 aliphatic rings. The summed E-state index contributed by atoms with van der Waals surface area (Å²) >= 11 is 3.32. The average molecular weight is 363 g/mol. The van der Waals surface area contributed by atoms with Crippen LogP contribution in [-0.4, -0.2) is 38.5 Å². The van der Waals surface area contributed by atoms with E-state index >= 15 is 0 Å². The van der Waals surface area contributed by atoms with Crippen LogP contribution in [0.15, 0.2) is 27.6 Å². The van der Waals surface area contributed by atoms with Gasteiger partial charge in [-0.3, -0.25) is 0 Å². The SMILES string of the molecule is COc1ccc(S(=O)(=O)N2CCC(N)CC2C)cc1Br. The van der Waals surface area contributed by atoms with Crippen LogP contribution in [0.2, 0.25) is 0 Å². The van der Waals surface area contributed by atoms with E-state index in [9.17, 15) is 8.42 Å². The molecule has 0 aliphatic carbocycles. The lowest BCUT2D eigenvalue weighted by Gasteiger charge is -2.35. The van der Waals surface area contributed by atoms with Crippen LogP contribution < -0.4 is 10.5 Å². The van der Waals surface area contributed by atoms with Gasteiger partial charge in [0.15, 0.2) is 0 Å². The fourth-order valence-electron chi connectivity index (χ4n) is 2.49. The van der Waals surface area contributed by atoms with Gasteiger partial charge in [-0.25, -0.2) is 8.42 Å². The first-order chi connectivity index (χ1) is 9.36. The van der Waals surface area contributed by atoms with Crippen LogP contribution in [0.5, 0.6) is 5.75 Å². The minimum atomic E-state index is -3.49. The minimum absolute atomic E-state index is 0.0790. The molecule has 2 atom stereocenters. The van der Waals surface area contributed by atoms with Gasteiger partial charge in [-0.05, 0) is 53.9 Å². The molecule has 2 N–H and O–H groups in total. The first-order valence-electron chi connectivity index (χ1n) is 6.47. The second kappa shape index (κ2) is 6.01. The van der Waals surface area contributed by atoms with E-state index in [0.29, 0.717) is 29.6 Å². The van der Waals surface area contributed by atoms with Gasteiger partial charge in [-0.2, -0.15) is 4.31 Å². The van der Waals surface area contributed by atoms with E-state index in [4.69, 9.17) is 10.5 Å². The summed E-state index contributed by atoms with van der Waals surface area (Å²) in [5.74, 6) is 0.609.